The Morgan fingerprint density at radius 2 is 1.69 bits per heavy atom. The molecule has 0 fully saturated rings. The van der Waals surface area contributed by atoms with Crippen LogP contribution in [0.3, 0.4) is 0 Å². The molecule has 148 valence electrons. The van der Waals surface area contributed by atoms with Crippen molar-refractivity contribution in [1.82, 2.24) is 9.97 Å². The summed E-state index contributed by atoms with van der Waals surface area (Å²) in [5, 5.41) is 5.81. The summed E-state index contributed by atoms with van der Waals surface area (Å²) in [6.07, 6.45) is 2.83. The van der Waals surface area contributed by atoms with E-state index in [4.69, 9.17) is 9.47 Å². The maximum Gasteiger partial charge on any atom is 0.275 e. The second-order valence-corrected chi connectivity index (χ2v) is 6.07. The molecule has 1 amide bonds. The summed E-state index contributed by atoms with van der Waals surface area (Å²) in [6, 6.07) is 12.1. The third-order valence-electron chi connectivity index (χ3n) is 4.11. The number of methoxy groups -OCH3 is 2. The summed E-state index contributed by atoms with van der Waals surface area (Å²) >= 11 is 0. The predicted octanol–water partition coefficient (Wildman–Crippen LogP) is 3.69. The number of hydrogen-bond donors (Lipinski definition) is 2. The van der Waals surface area contributed by atoms with Crippen LogP contribution in [0.2, 0.25) is 0 Å². The molecule has 0 saturated carbocycles. The minimum absolute atomic E-state index is 0.000183. The van der Waals surface area contributed by atoms with Crippen LogP contribution in [0, 0.1) is 0 Å². The zero-order valence-corrected chi connectivity index (χ0v) is 16.2. The SMILES string of the molecule is COc1ccc(NC(=O)c2cnc(Nc3ccc(C(C)=O)cc3)cn2)c(OC)c1. The van der Waals surface area contributed by atoms with Crippen LogP contribution in [0.25, 0.3) is 0 Å². The van der Waals surface area contributed by atoms with E-state index in [0.717, 1.165) is 5.69 Å². The molecule has 0 bridgehead atoms. The molecular formula is C21H20N4O4. The lowest BCUT2D eigenvalue weighted by Crippen LogP contribution is -2.15. The lowest BCUT2D eigenvalue weighted by molar-refractivity contribution is 0.101. The van der Waals surface area contributed by atoms with Crippen LogP contribution in [-0.2, 0) is 0 Å². The minimum Gasteiger partial charge on any atom is -0.497 e. The smallest absolute Gasteiger partial charge is 0.275 e. The third-order valence-corrected chi connectivity index (χ3v) is 4.11. The summed E-state index contributed by atoms with van der Waals surface area (Å²) in [6.45, 7) is 1.51. The van der Waals surface area contributed by atoms with Gasteiger partial charge in [-0.2, -0.15) is 0 Å². The maximum atomic E-state index is 12.5. The van der Waals surface area contributed by atoms with E-state index in [0.29, 0.717) is 28.6 Å². The molecule has 0 aliphatic carbocycles. The van der Waals surface area contributed by atoms with Crippen LogP contribution < -0.4 is 20.1 Å². The first kappa shape index (κ1) is 19.8. The van der Waals surface area contributed by atoms with E-state index in [2.05, 4.69) is 20.6 Å². The quantitative estimate of drug-likeness (QED) is 0.591. The topological polar surface area (TPSA) is 102 Å². The van der Waals surface area contributed by atoms with Gasteiger partial charge in [-0.05, 0) is 43.3 Å². The fraction of sp³-hybridized carbons (Fsp3) is 0.143. The number of benzene rings is 2. The van der Waals surface area contributed by atoms with E-state index < -0.39 is 5.91 Å². The lowest BCUT2D eigenvalue weighted by atomic mass is 10.1. The average Bonchev–Trinajstić information content (AvgIpc) is 2.74. The monoisotopic (exact) mass is 392 g/mol. The second-order valence-electron chi connectivity index (χ2n) is 6.07. The van der Waals surface area contributed by atoms with Crippen LogP contribution in [0.4, 0.5) is 17.2 Å². The van der Waals surface area contributed by atoms with Gasteiger partial charge in [0.1, 0.15) is 23.0 Å². The summed E-state index contributed by atoms with van der Waals surface area (Å²) in [7, 11) is 3.06. The van der Waals surface area contributed by atoms with Gasteiger partial charge in [-0.3, -0.25) is 9.59 Å². The Kier molecular flexibility index (Phi) is 6.03. The number of aromatic nitrogens is 2. The molecule has 8 nitrogen and oxygen atoms in total. The molecule has 0 aliphatic rings. The Balaban J connectivity index is 1.68. The van der Waals surface area contributed by atoms with Crippen molar-refractivity contribution in [3.05, 3.63) is 66.1 Å². The Hall–Kier alpha value is -3.94. The maximum absolute atomic E-state index is 12.5. The molecule has 0 atom stereocenters. The summed E-state index contributed by atoms with van der Waals surface area (Å²) in [5.74, 6) is 1.14. The normalized spacial score (nSPS) is 10.2. The molecule has 0 saturated heterocycles. The third kappa shape index (κ3) is 4.86. The molecule has 1 heterocycles. The van der Waals surface area contributed by atoms with Crippen molar-refractivity contribution in [2.24, 2.45) is 0 Å². The minimum atomic E-state index is -0.418. The molecule has 0 aliphatic heterocycles. The summed E-state index contributed by atoms with van der Waals surface area (Å²) < 4.78 is 10.4. The average molecular weight is 392 g/mol. The number of carbonyl (C=O) groups is 2. The van der Waals surface area contributed by atoms with Gasteiger partial charge < -0.3 is 20.1 Å². The largest absolute Gasteiger partial charge is 0.497 e. The molecule has 8 heteroatoms. The van der Waals surface area contributed by atoms with Crippen molar-refractivity contribution in [2.45, 2.75) is 6.92 Å². The van der Waals surface area contributed by atoms with E-state index in [1.165, 1.54) is 26.4 Å². The highest BCUT2D eigenvalue weighted by molar-refractivity contribution is 6.03. The molecule has 2 N–H and O–H groups in total. The van der Waals surface area contributed by atoms with Gasteiger partial charge in [0.05, 0.1) is 32.3 Å². The van der Waals surface area contributed by atoms with Gasteiger partial charge in [-0.15, -0.1) is 0 Å². The fourth-order valence-corrected chi connectivity index (χ4v) is 2.53. The zero-order chi connectivity index (χ0) is 20.8. The highest BCUT2D eigenvalue weighted by atomic mass is 16.5. The standard InChI is InChI=1S/C21H20N4O4/c1-13(26)14-4-6-15(7-5-14)24-20-12-22-18(11-23-20)21(27)25-17-9-8-16(28-2)10-19(17)29-3/h4-12H,1-3H3,(H,23,24)(H,25,27). The number of carbonyl (C=O) groups excluding carboxylic acids is 2. The van der Waals surface area contributed by atoms with Crippen molar-refractivity contribution in [3.8, 4) is 11.5 Å². The van der Waals surface area contributed by atoms with Crippen molar-refractivity contribution in [2.75, 3.05) is 24.9 Å². The number of nitrogens with zero attached hydrogens (tertiary/aromatic N) is 2. The molecule has 0 spiro atoms. The lowest BCUT2D eigenvalue weighted by Gasteiger charge is -2.11. The number of rotatable bonds is 7. The van der Waals surface area contributed by atoms with Gasteiger partial charge in [0.15, 0.2) is 5.78 Å². The van der Waals surface area contributed by atoms with Crippen LogP contribution in [-0.4, -0.2) is 35.9 Å². The van der Waals surface area contributed by atoms with E-state index in [9.17, 15) is 9.59 Å². The van der Waals surface area contributed by atoms with Crippen molar-refractivity contribution < 1.29 is 19.1 Å². The second kappa shape index (κ2) is 8.83. The van der Waals surface area contributed by atoms with Gasteiger partial charge in [0.2, 0.25) is 0 Å². The van der Waals surface area contributed by atoms with Crippen LogP contribution in [0.5, 0.6) is 11.5 Å². The molecule has 2 aromatic carbocycles. The molecule has 0 radical (unpaired) electrons. The van der Waals surface area contributed by atoms with Crippen molar-refractivity contribution in [3.63, 3.8) is 0 Å². The van der Waals surface area contributed by atoms with Gasteiger partial charge in [0, 0.05) is 17.3 Å². The number of amides is 1. The van der Waals surface area contributed by atoms with E-state index in [1.807, 2.05) is 0 Å². The van der Waals surface area contributed by atoms with E-state index in [1.54, 1.807) is 49.6 Å². The van der Waals surface area contributed by atoms with Crippen LogP contribution >= 0.6 is 0 Å². The highest BCUT2D eigenvalue weighted by Crippen LogP contribution is 2.29. The number of ketones is 1. The summed E-state index contributed by atoms with van der Waals surface area (Å²) in [4.78, 5) is 32.1. The zero-order valence-electron chi connectivity index (χ0n) is 16.2. The Labute approximate surface area is 167 Å². The number of anilines is 3. The predicted molar refractivity (Wildman–Crippen MR) is 109 cm³/mol. The van der Waals surface area contributed by atoms with Crippen LogP contribution in [0.1, 0.15) is 27.8 Å². The fourth-order valence-electron chi connectivity index (χ4n) is 2.53. The Morgan fingerprint density at radius 1 is 0.931 bits per heavy atom. The Bertz CT molecular complexity index is 1020. The van der Waals surface area contributed by atoms with Gasteiger partial charge >= 0.3 is 0 Å². The highest BCUT2D eigenvalue weighted by Gasteiger charge is 2.12. The molecule has 29 heavy (non-hydrogen) atoms. The molecule has 1 aromatic heterocycles. The number of ether oxygens (including phenoxy) is 2. The van der Waals surface area contributed by atoms with Gasteiger partial charge in [0.25, 0.3) is 5.91 Å². The first-order valence-electron chi connectivity index (χ1n) is 8.73. The number of nitrogens with one attached hydrogen (secondary N) is 2. The first-order chi connectivity index (χ1) is 14.0. The summed E-state index contributed by atoms with van der Waals surface area (Å²) in [5.41, 5.74) is 2.03. The van der Waals surface area contributed by atoms with E-state index in [-0.39, 0.29) is 11.5 Å². The molecule has 3 rings (SSSR count). The van der Waals surface area contributed by atoms with Crippen molar-refractivity contribution >= 4 is 28.9 Å². The van der Waals surface area contributed by atoms with Crippen LogP contribution in [0.15, 0.2) is 54.9 Å². The molecular weight excluding hydrogens is 372 g/mol. The van der Waals surface area contributed by atoms with E-state index >= 15 is 0 Å². The van der Waals surface area contributed by atoms with Crippen molar-refractivity contribution in [1.29, 1.82) is 0 Å². The number of Topliss-reactive ketones (excluding diaryl/α,β-unsaturated/α-hetero) is 1. The molecule has 0 unspecified atom stereocenters. The molecule has 3 aromatic rings. The van der Waals surface area contributed by atoms with Gasteiger partial charge in [-0.1, -0.05) is 0 Å². The Morgan fingerprint density at radius 3 is 2.28 bits per heavy atom. The first-order valence-corrected chi connectivity index (χ1v) is 8.73. The van der Waals surface area contributed by atoms with Gasteiger partial charge in [-0.25, -0.2) is 9.97 Å². The number of hydrogen-bond acceptors (Lipinski definition) is 7.